The number of benzene rings is 1. The number of nitrogens with two attached hydrogens (primary N) is 1. The Morgan fingerprint density at radius 3 is 2.17 bits per heavy atom. The van der Waals surface area contributed by atoms with Crippen LogP contribution in [0.25, 0.3) is 0 Å². The first-order chi connectivity index (χ1) is 5.76. The summed E-state index contributed by atoms with van der Waals surface area (Å²) in [6.07, 6.45) is 0. The number of hydrogen-bond donors (Lipinski definition) is 2. The van der Waals surface area contributed by atoms with Crippen LogP contribution in [0.3, 0.4) is 0 Å². The second kappa shape index (κ2) is 8.02. The molecule has 3 nitrogen and oxygen atoms in total. The minimum Gasteiger partial charge on any atom is -0.508 e. The fourth-order valence-electron chi connectivity index (χ4n) is 0.683. The Labute approximate surface area is 99.7 Å². The third-order valence-electron chi connectivity index (χ3n) is 1.21. The van der Waals surface area contributed by atoms with Gasteiger partial charge in [0, 0.05) is 12.1 Å². The maximum absolute atomic E-state index is 9.03. The molecule has 0 saturated carbocycles. The predicted octanol–water partition coefficient (Wildman–Crippen LogP) is 2.55. The number of phenolic OH excluding ortho intramolecular Hbond substituents is 1. The first-order valence-corrected chi connectivity index (χ1v) is 4.88. The Bertz CT molecular complexity index is 220. The zero-order chi connectivity index (χ0) is 9.40. The van der Waals surface area contributed by atoms with E-state index in [1.165, 1.54) is 0 Å². The van der Waals surface area contributed by atoms with Crippen molar-refractivity contribution in [3.63, 3.8) is 0 Å². The summed E-state index contributed by atoms with van der Waals surface area (Å²) in [6.45, 7) is 0.396. The van der Waals surface area contributed by atoms with Crippen molar-refractivity contribution in [2.24, 2.45) is 5.73 Å². The Hall–Kier alpha value is 0.400. The van der Waals surface area contributed by atoms with Gasteiger partial charge in [0.25, 0.3) is 0 Å². The lowest BCUT2D eigenvalue weighted by atomic mass is 10.2. The Kier molecular flexibility index (Phi) is 8.29. The summed E-state index contributed by atoms with van der Waals surface area (Å²) in [5, 5.41) is 9.03. The lowest BCUT2D eigenvalue weighted by Gasteiger charge is -1.97. The van der Waals surface area contributed by atoms with E-state index in [4.69, 9.17) is 10.8 Å². The van der Waals surface area contributed by atoms with Gasteiger partial charge in [-0.25, -0.2) is 1.40 Å². The molecule has 0 amide bonds. The van der Waals surface area contributed by atoms with Crippen LogP contribution in [0.2, 0.25) is 0 Å². The SMILES string of the molecule is IOI.NCc1ccccc1O. The highest BCUT2D eigenvalue weighted by Gasteiger charge is 1.92. The maximum Gasteiger partial charge on any atom is 0.124 e. The molecule has 0 atom stereocenters. The summed E-state index contributed by atoms with van der Waals surface area (Å²) in [4.78, 5) is 0. The van der Waals surface area contributed by atoms with Crippen LogP contribution in [0.4, 0.5) is 0 Å². The van der Waals surface area contributed by atoms with Crippen LogP contribution in [-0.4, -0.2) is 5.11 Å². The highest BCUT2D eigenvalue weighted by atomic mass is 127. The van der Waals surface area contributed by atoms with Crippen LogP contribution in [0.5, 0.6) is 5.75 Å². The van der Waals surface area contributed by atoms with Crippen molar-refractivity contribution >= 4 is 46.0 Å². The standard InChI is InChI=1S/C7H9NO.I2O/c8-5-6-3-1-2-4-7(6)9;1-3-2/h1-4,9H,5,8H2;. The molecule has 68 valence electrons. The minimum absolute atomic E-state index is 0.278. The molecule has 0 aliphatic rings. The lowest BCUT2D eigenvalue weighted by molar-refractivity contribution is 0.468. The molecule has 0 fully saturated rings. The van der Waals surface area contributed by atoms with Gasteiger partial charge in [-0.1, -0.05) is 18.2 Å². The molecule has 0 heterocycles. The van der Waals surface area contributed by atoms with Crippen LogP contribution in [-0.2, 0) is 7.94 Å². The Morgan fingerprint density at radius 1 is 1.33 bits per heavy atom. The van der Waals surface area contributed by atoms with E-state index in [-0.39, 0.29) is 5.75 Å². The molecule has 0 aliphatic carbocycles. The molecule has 0 radical (unpaired) electrons. The molecular formula is C7H9I2NO2. The molecule has 0 unspecified atom stereocenters. The Morgan fingerprint density at radius 2 is 1.83 bits per heavy atom. The molecule has 0 saturated heterocycles. The fourth-order valence-corrected chi connectivity index (χ4v) is 0.683. The topological polar surface area (TPSA) is 55.5 Å². The van der Waals surface area contributed by atoms with Crippen molar-refractivity contribution in [1.82, 2.24) is 0 Å². The van der Waals surface area contributed by atoms with Crippen molar-refractivity contribution < 1.29 is 6.50 Å². The second-order valence-electron chi connectivity index (χ2n) is 1.89. The van der Waals surface area contributed by atoms with Gasteiger partial charge in [-0.05, 0) is 6.07 Å². The Balaban J connectivity index is 0.000000354. The first kappa shape index (κ1) is 12.4. The number of rotatable bonds is 1. The van der Waals surface area contributed by atoms with Crippen molar-refractivity contribution in [3.05, 3.63) is 29.8 Å². The van der Waals surface area contributed by atoms with Gasteiger partial charge < -0.3 is 10.8 Å². The molecule has 0 aromatic heterocycles. The maximum atomic E-state index is 9.03. The molecular weight excluding hydrogens is 384 g/mol. The van der Waals surface area contributed by atoms with E-state index in [2.05, 4.69) is 1.40 Å². The van der Waals surface area contributed by atoms with Crippen molar-refractivity contribution in [3.8, 4) is 5.75 Å². The van der Waals surface area contributed by atoms with Crippen LogP contribution in [0, 0.1) is 0 Å². The zero-order valence-electron chi connectivity index (χ0n) is 6.21. The number of phenols is 1. The van der Waals surface area contributed by atoms with E-state index in [0.717, 1.165) is 5.56 Å². The van der Waals surface area contributed by atoms with Gasteiger partial charge >= 0.3 is 0 Å². The average Bonchev–Trinajstić information content (AvgIpc) is 2.07. The summed E-state index contributed by atoms with van der Waals surface area (Å²) >= 11 is 3.55. The van der Waals surface area contributed by atoms with Gasteiger partial charge in [0.2, 0.25) is 0 Å². The summed E-state index contributed by atoms with van der Waals surface area (Å²) in [5.74, 6) is 0.278. The molecule has 0 spiro atoms. The highest BCUT2D eigenvalue weighted by molar-refractivity contribution is 14.2. The van der Waals surface area contributed by atoms with Crippen LogP contribution in [0.15, 0.2) is 24.3 Å². The van der Waals surface area contributed by atoms with Crippen LogP contribution in [0.1, 0.15) is 5.56 Å². The summed E-state index contributed by atoms with van der Waals surface area (Å²) in [6, 6.07) is 7.05. The summed E-state index contributed by atoms with van der Waals surface area (Å²) in [7, 11) is 0. The predicted molar refractivity (Wildman–Crippen MR) is 65.1 cm³/mol. The largest absolute Gasteiger partial charge is 0.508 e. The van der Waals surface area contributed by atoms with E-state index < -0.39 is 0 Å². The molecule has 12 heavy (non-hydrogen) atoms. The van der Waals surface area contributed by atoms with E-state index in [9.17, 15) is 0 Å². The normalized spacial score (nSPS) is 8.58. The quantitative estimate of drug-likeness (QED) is 0.722. The third kappa shape index (κ3) is 5.12. The zero-order valence-corrected chi connectivity index (χ0v) is 10.5. The van der Waals surface area contributed by atoms with Crippen LogP contribution >= 0.6 is 46.0 Å². The van der Waals surface area contributed by atoms with Crippen molar-refractivity contribution in [1.29, 1.82) is 0 Å². The van der Waals surface area contributed by atoms with Gasteiger partial charge in [0.05, 0.1) is 0 Å². The van der Waals surface area contributed by atoms with Crippen molar-refractivity contribution in [2.45, 2.75) is 6.54 Å². The molecule has 1 aromatic carbocycles. The number of halogens is 2. The number of hydrogen-bond acceptors (Lipinski definition) is 3. The minimum atomic E-state index is 0.278. The van der Waals surface area contributed by atoms with Crippen molar-refractivity contribution in [2.75, 3.05) is 0 Å². The van der Waals surface area contributed by atoms with E-state index >= 15 is 0 Å². The van der Waals surface area contributed by atoms with E-state index in [1.807, 2.05) is 6.07 Å². The summed E-state index contributed by atoms with van der Waals surface area (Å²) in [5.41, 5.74) is 6.08. The van der Waals surface area contributed by atoms with Gasteiger partial charge in [-0.15, -0.1) is 0 Å². The molecule has 5 heteroatoms. The van der Waals surface area contributed by atoms with E-state index in [0.29, 0.717) is 6.54 Å². The van der Waals surface area contributed by atoms with E-state index in [1.54, 1.807) is 64.2 Å². The first-order valence-electron chi connectivity index (χ1n) is 3.12. The third-order valence-corrected chi connectivity index (χ3v) is 1.21. The van der Waals surface area contributed by atoms with Gasteiger partial charge in [0.1, 0.15) is 51.8 Å². The number of para-hydroxylation sites is 1. The van der Waals surface area contributed by atoms with Gasteiger partial charge in [-0.2, -0.15) is 0 Å². The molecule has 1 rings (SSSR count). The average molecular weight is 393 g/mol. The molecule has 3 N–H and O–H groups in total. The molecule has 0 bridgehead atoms. The fraction of sp³-hybridized carbons (Fsp3) is 0.143. The number of aromatic hydroxyl groups is 1. The smallest absolute Gasteiger partial charge is 0.124 e. The van der Waals surface area contributed by atoms with Gasteiger partial charge in [0.15, 0.2) is 0 Å². The summed E-state index contributed by atoms with van der Waals surface area (Å²) < 4.78 is 4.19. The van der Waals surface area contributed by atoms with Gasteiger partial charge in [-0.3, -0.25) is 0 Å². The van der Waals surface area contributed by atoms with Crippen LogP contribution < -0.4 is 5.73 Å². The molecule has 1 aromatic rings. The highest BCUT2D eigenvalue weighted by Crippen LogP contribution is 2.13. The molecule has 0 aliphatic heterocycles. The monoisotopic (exact) mass is 393 g/mol. The lowest BCUT2D eigenvalue weighted by Crippen LogP contribution is -1.95. The second-order valence-corrected chi connectivity index (χ2v) is 4.46.